The van der Waals surface area contributed by atoms with E-state index in [2.05, 4.69) is 12.7 Å². The van der Waals surface area contributed by atoms with Gasteiger partial charge >= 0.3 is 0 Å². The fraction of sp³-hybridized carbons (Fsp3) is 0.750. The standard InChI is InChI=1S/C16H28O6/c1-5-16(4,8-6-7-10(2)3)22-15-14(20)13(19)12(18)11(9-17)21-15/h5,7,11-15,17-20H,1,6,8-9H2,2-4H3/t11-,12-,13+,14-,15-,16-/m1/s1. The first-order valence-electron chi connectivity index (χ1n) is 7.49. The zero-order valence-electron chi connectivity index (χ0n) is 13.5. The Morgan fingerprint density at radius 1 is 1.23 bits per heavy atom. The molecule has 1 fully saturated rings. The molecule has 0 amide bonds. The normalized spacial score (nSPS) is 34.8. The molecule has 1 heterocycles. The van der Waals surface area contributed by atoms with Crippen LogP contribution in [0.4, 0.5) is 0 Å². The Balaban J connectivity index is 2.75. The van der Waals surface area contributed by atoms with Gasteiger partial charge in [0.05, 0.1) is 12.2 Å². The Labute approximate surface area is 131 Å². The van der Waals surface area contributed by atoms with E-state index in [1.165, 1.54) is 5.57 Å². The van der Waals surface area contributed by atoms with Crippen LogP contribution >= 0.6 is 0 Å². The average molecular weight is 316 g/mol. The molecule has 6 atom stereocenters. The van der Waals surface area contributed by atoms with Crippen molar-refractivity contribution in [3.05, 3.63) is 24.3 Å². The van der Waals surface area contributed by atoms with E-state index in [0.29, 0.717) is 6.42 Å². The molecule has 4 N–H and O–H groups in total. The quantitative estimate of drug-likeness (QED) is 0.510. The molecule has 0 radical (unpaired) electrons. The van der Waals surface area contributed by atoms with Gasteiger partial charge in [0, 0.05) is 0 Å². The van der Waals surface area contributed by atoms with Gasteiger partial charge in [-0.1, -0.05) is 17.7 Å². The van der Waals surface area contributed by atoms with Gasteiger partial charge in [0.1, 0.15) is 24.4 Å². The van der Waals surface area contributed by atoms with Crippen molar-refractivity contribution < 1.29 is 29.9 Å². The van der Waals surface area contributed by atoms with E-state index >= 15 is 0 Å². The number of aliphatic hydroxyl groups excluding tert-OH is 4. The molecule has 1 saturated heterocycles. The summed E-state index contributed by atoms with van der Waals surface area (Å²) in [5.41, 5.74) is 0.429. The van der Waals surface area contributed by atoms with Crippen molar-refractivity contribution in [2.24, 2.45) is 0 Å². The first-order valence-corrected chi connectivity index (χ1v) is 7.49. The van der Waals surface area contributed by atoms with Gasteiger partial charge in [0.2, 0.25) is 0 Å². The zero-order chi connectivity index (χ0) is 16.9. The summed E-state index contributed by atoms with van der Waals surface area (Å²) >= 11 is 0. The van der Waals surface area contributed by atoms with E-state index in [0.717, 1.165) is 6.42 Å². The van der Waals surface area contributed by atoms with Crippen LogP contribution in [0.25, 0.3) is 0 Å². The molecule has 22 heavy (non-hydrogen) atoms. The van der Waals surface area contributed by atoms with E-state index in [4.69, 9.17) is 9.47 Å². The number of aliphatic hydroxyl groups is 4. The highest BCUT2D eigenvalue weighted by Gasteiger charge is 2.45. The molecule has 1 aliphatic rings. The molecule has 1 rings (SSSR count). The lowest BCUT2D eigenvalue weighted by Gasteiger charge is -2.42. The molecule has 0 spiro atoms. The van der Waals surface area contributed by atoms with E-state index in [1.54, 1.807) is 13.0 Å². The molecule has 128 valence electrons. The number of hydrogen-bond donors (Lipinski definition) is 4. The lowest BCUT2D eigenvalue weighted by atomic mass is 9.96. The Hall–Kier alpha value is -0.760. The summed E-state index contributed by atoms with van der Waals surface area (Å²) in [6, 6.07) is 0. The molecule has 0 unspecified atom stereocenters. The molecule has 0 aromatic rings. The fourth-order valence-electron chi connectivity index (χ4n) is 2.29. The summed E-state index contributed by atoms with van der Waals surface area (Å²) in [5.74, 6) is 0. The maximum absolute atomic E-state index is 10.0. The summed E-state index contributed by atoms with van der Waals surface area (Å²) in [7, 11) is 0. The van der Waals surface area contributed by atoms with E-state index in [1.807, 2.05) is 13.8 Å². The number of allylic oxidation sites excluding steroid dienone is 2. The third-order valence-corrected chi connectivity index (χ3v) is 3.86. The Morgan fingerprint density at radius 3 is 2.36 bits per heavy atom. The smallest absolute Gasteiger partial charge is 0.187 e. The molecule has 0 aromatic heterocycles. The Morgan fingerprint density at radius 2 is 1.86 bits per heavy atom. The van der Waals surface area contributed by atoms with Crippen LogP contribution in [0.2, 0.25) is 0 Å². The second kappa shape index (κ2) is 8.19. The van der Waals surface area contributed by atoms with Crippen molar-refractivity contribution in [1.29, 1.82) is 0 Å². The minimum absolute atomic E-state index is 0.479. The number of rotatable bonds is 7. The van der Waals surface area contributed by atoms with Crippen molar-refractivity contribution >= 4 is 0 Å². The predicted molar refractivity (Wildman–Crippen MR) is 82.1 cm³/mol. The molecule has 0 aromatic carbocycles. The average Bonchev–Trinajstić information content (AvgIpc) is 2.47. The monoisotopic (exact) mass is 316 g/mol. The topological polar surface area (TPSA) is 99.4 Å². The van der Waals surface area contributed by atoms with Crippen molar-refractivity contribution in [1.82, 2.24) is 0 Å². The third-order valence-electron chi connectivity index (χ3n) is 3.86. The summed E-state index contributed by atoms with van der Waals surface area (Å²) in [4.78, 5) is 0. The minimum Gasteiger partial charge on any atom is -0.394 e. The van der Waals surface area contributed by atoms with Crippen LogP contribution in [0.5, 0.6) is 0 Å². The maximum atomic E-state index is 10.0. The van der Waals surface area contributed by atoms with Crippen molar-refractivity contribution in [3.8, 4) is 0 Å². The van der Waals surface area contributed by atoms with Crippen molar-refractivity contribution in [3.63, 3.8) is 0 Å². The summed E-state index contributed by atoms with van der Waals surface area (Å²) < 4.78 is 11.1. The highest BCUT2D eigenvalue weighted by atomic mass is 16.7. The maximum Gasteiger partial charge on any atom is 0.187 e. The molecule has 1 aliphatic heterocycles. The number of hydrogen-bond acceptors (Lipinski definition) is 6. The first-order chi connectivity index (χ1) is 10.2. The van der Waals surface area contributed by atoms with Crippen LogP contribution in [0, 0.1) is 0 Å². The van der Waals surface area contributed by atoms with Crippen LogP contribution in [0.1, 0.15) is 33.6 Å². The molecule has 6 heteroatoms. The fourth-order valence-corrected chi connectivity index (χ4v) is 2.29. The lowest BCUT2D eigenvalue weighted by Crippen LogP contribution is -2.60. The molecule has 6 nitrogen and oxygen atoms in total. The van der Waals surface area contributed by atoms with Gasteiger partial charge < -0.3 is 29.9 Å². The SMILES string of the molecule is C=C[C@](C)(CCC=C(C)C)O[C@H]1O[C@H](CO)[C@@H](O)[C@H](O)[C@H]1O. The molecule has 0 aliphatic carbocycles. The van der Waals surface area contributed by atoms with Crippen LogP contribution < -0.4 is 0 Å². The molecule has 0 saturated carbocycles. The highest BCUT2D eigenvalue weighted by Crippen LogP contribution is 2.29. The van der Waals surface area contributed by atoms with Gasteiger partial charge in [-0.25, -0.2) is 0 Å². The van der Waals surface area contributed by atoms with E-state index in [-0.39, 0.29) is 0 Å². The Kier molecular flexibility index (Phi) is 7.18. The second-order valence-corrected chi connectivity index (χ2v) is 6.15. The molecule has 0 bridgehead atoms. The van der Waals surface area contributed by atoms with Crippen LogP contribution in [0.3, 0.4) is 0 Å². The largest absolute Gasteiger partial charge is 0.394 e. The van der Waals surface area contributed by atoms with Gasteiger partial charge in [0.15, 0.2) is 6.29 Å². The van der Waals surface area contributed by atoms with Gasteiger partial charge in [-0.2, -0.15) is 0 Å². The highest BCUT2D eigenvalue weighted by molar-refractivity contribution is 5.00. The summed E-state index contributed by atoms with van der Waals surface area (Å²) in [6.07, 6.45) is -1.28. The van der Waals surface area contributed by atoms with Crippen molar-refractivity contribution in [2.75, 3.05) is 6.61 Å². The minimum atomic E-state index is -1.44. The first kappa shape index (κ1) is 19.3. The van der Waals surface area contributed by atoms with E-state index < -0.39 is 42.9 Å². The predicted octanol–water partition coefficient (Wildman–Crippen LogP) is 0.494. The zero-order valence-corrected chi connectivity index (χ0v) is 13.5. The molecular weight excluding hydrogens is 288 g/mol. The lowest BCUT2D eigenvalue weighted by molar-refractivity contribution is -0.319. The van der Waals surface area contributed by atoms with Crippen LogP contribution in [-0.2, 0) is 9.47 Å². The van der Waals surface area contributed by atoms with Gasteiger partial charge in [-0.05, 0) is 33.6 Å². The summed E-state index contributed by atoms with van der Waals surface area (Å²) in [6.45, 7) is 9.08. The Bertz CT molecular complexity index is 390. The van der Waals surface area contributed by atoms with Gasteiger partial charge in [-0.15, -0.1) is 6.58 Å². The summed E-state index contributed by atoms with van der Waals surface area (Å²) in [5, 5.41) is 38.7. The second-order valence-electron chi connectivity index (χ2n) is 6.15. The van der Waals surface area contributed by atoms with Gasteiger partial charge in [0.25, 0.3) is 0 Å². The third kappa shape index (κ3) is 4.87. The molecular formula is C16H28O6. The van der Waals surface area contributed by atoms with Crippen LogP contribution in [0.15, 0.2) is 24.3 Å². The van der Waals surface area contributed by atoms with Crippen LogP contribution in [-0.4, -0.2) is 63.3 Å². The number of ether oxygens (including phenoxy) is 2. The van der Waals surface area contributed by atoms with Crippen molar-refractivity contribution in [2.45, 2.75) is 69.9 Å². The van der Waals surface area contributed by atoms with Gasteiger partial charge in [-0.3, -0.25) is 0 Å². The van der Waals surface area contributed by atoms with E-state index in [9.17, 15) is 20.4 Å².